The number of benzene rings is 3. The van der Waals surface area contributed by atoms with Gasteiger partial charge in [-0.3, -0.25) is 4.79 Å². The van der Waals surface area contributed by atoms with Crippen LogP contribution in [0.4, 0.5) is 18.9 Å². The van der Waals surface area contributed by atoms with Gasteiger partial charge in [-0.2, -0.15) is 18.3 Å². The van der Waals surface area contributed by atoms with Crippen molar-refractivity contribution in [2.45, 2.75) is 25.6 Å². The second-order valence-corrected chi connectivity index (χ2v) is 8.65. The van der Waals surface area contributed by atoms with Crippen LogP contribution in [-0.4, -0.2) is 57.1 Å². The van der Waals surface area contributed by atoms with Gasteiger partial charge in [-0.05, 0) is 49.7 Å². The molecule has 0 saturated carbocycles. The number of amides is 1. The maximum Gasteiger partial charge on any atom is 0.420 e. The molecule has 0 aliphatic heterocycles. The van der Waals surface area contributed by atoms with Crippen LogP contribution >= 0.6 is 0 Å². The number of nitrogens with one attached hydrogen (secondary N) is 1. The van der Waals surface area contributed by atoms with Gasteiger partial charge in [-0.1, -0.05) is 42.5 Å². The third kappa shape index (κ3) is 4.92. The lowest BCUT2D eigenvalue weighted by Crippen LogP contribution is -2.58. The Morgan fingerprint density at radius 1 is 1.03 bits per heavy atom. The van der Waals surface area contributed by atoms with E-state index in [-0.39, 0.29) is 6.54 Å². The Balaban J connectivity index is 1.60. The van der Waals surface area contributed by atoms with Gasteiger partial charge >= 0.3 is 6.18 Å². The van der Waals surface area contributed by atoms with Crippen LogP contribution in [0.15, 0.2) is 79.0 Å². The summed E-state index contributed by atoms with van der Waals surface area (Å²) in [5, 5.41) is 18.6. The molecule has 188 valence electrons. The number of nitrogens with zero attached hydrogens (tertiary/aromatic N) is 3. The molecule has 0 aliphatic carbocycles. The summed E-state index contributed by atoms with van der Waals surface area (Å²) in [6.45, 7) is 1.55. The summed E-state index contributed by atoms with van der Waals surface area (Å²) in [4.78, 5) is 14.0. The first kappa shape index (κ1) is 25.2. The van der Waals surface area contributed by atoms with Crippen LogP contribution in [0.25, 0.3) is 16.6 Å². The number of carbonyl (C=O) groups is 1. The highest BCUT2D eigenvalue weighted by molar-refractivity contribution is 5.95. The molecule has 0 aliphatic rings. The molecule has 0 radical (unpaired) electrons. The highest BCUT2D eigenvalue weighted by Crippen LogP contribution is 2.33. The number of alkyl halides is 3. The van der Waals surface area contributed by atoms with Gasteiger partial charge in [-0.25, -0.2) is 4.68 Å². The molecule has 1 unspecified atom stereocenters. The minimum absolute atomic E-state index is 0.00495. The van der Waals surface area contributed by atoms with E-state index in [1.165, 1.54) is 0 Å². The van der Waals surface area contributed by atoms with Crippen LogP contribution < -0.4 is 5.32 Å². The van der Waals surface area contributed by atoms with Gasteiger partial charge in [0.2, 0.25) is 0 Å². The number of carbonyl (C=O) groups excluding carboxylic acids is 1. The van der Waals surface area contributed by atoms with Gasteiger partial charge in [-0.15, -0.1) is 0 Å². The van der Waals surface area contributed by atoms with Crippen LogP contribution in [0.1, 0.15) is 22.8 Å². The van der Waals surface area contributed by atoms with E-state index >= 15 is 0 Å². The van der Waals surface area contributed by atoms with Crippen molar-refractivity contribution in [2.75, 3.05) is 25.0 Å². The standard InChI is InChI=1S/C27H27F3N4O2/c1-3-33(25(35)21-13-8-7-10-19(21)2)18-26(36,27(28,29)30)17-31-23-14-9-15-24-22(23)16-32-34(24)20-11-5-4-6-12-20/h4-16,31,36H,3,17-18H2,1-2H3. The fourth-order valence-electron chi connectivity index (χ4n) is 4.09. The zero-order valence-corrected chi connectivity index (χ0v) is 20.0. The molecular formula is C27H27F3N4O2. The molecule has 4 aromatic rings. The number of hydrogen-bond donors (Lipinski definition) is 2. The topological polar surface area (TPSA) is 70.4 Å². The van der Waals surface area contributed by atoms with Crippen molar-refractivity contribution in [1.82, 2.24) is 14.7 Å². The fourth-order valence-corrected chi connectivity index (χ4v) is 4.09. The van der Waals surface area contributed by atoms with Crippen molar-refractivity contribution in [3.63, 3.8) is 0 Å². The number of aryl methyl sites for hydroxylation is 1. The summed E-state index contributed by atoms with van der Waals surface area (Å²) >= 11 is 0. The number of aliphatic hydroxyl groups is 1. The number of hydrogen-bond acceptors (Lipinski definition) is 4. The lowest BCUT2D eigenvalue weighted by Gasteiger charge is -2.36. The predicted octanol–water partition coefficient (Wildman–Crippen LogP) is 5.20. The third-order valence-corrected chi connectivity index (χ3v) is 6.21. The van der Waals surface area contributed by atoms with Crippen molar-refractivity contribution in [1.29, 1.82) is 0 Å². The van der Waals surface area contributed by atoms with Gasteiger partial charge < -0.3 is 15.3 Å². The first-order valence-electron chi connectivity index (χ1n) is 11.5. The second-order valence-electron chi connectivity index (χ2n) is 8.65. The minimum Gasteiger partial charge on any atom is -0.381 e. The number of likely N-dealkylation sites (N-methyl/N-ethyl adjacent to an activating group) is 1. The largest absolute Gasteiger partial charge is 0.420 e. The lowest BCUT2D eigenvalue weighted by molar-refractivity contribution is -0.257. The summed E-state index contributed by atoms with van der Waals surface area (Å²) < 4.78 is 44.1. The van der Waals surface area contributed by atoms with Crippen molar-refractivity contribution in [3.8, 4) is 5.69 Å². The van der Waals surface area contributed by atoms with Gasteiger partial charge in [0.1, 0.15) is 0 Å². The van der Waals surface area contributed by atoms with E-state index in [0.29, 0.717) is 27.7 Å². The molecule has 1 heterocycles. The molecule has 0 saturated heterocycles. The summed E-state index contributed by atoms with van der Waals surface area (Å²) in [6.07, 6.45) is -3.42. The van der Waals surface area contributed by atoms with E-state index in [2.05, 4.69) is 10.4 Å². The van der Waals surface area contributed by atoms with E-state index in [1.807, 2.05) is 36.4 Å². The van der Waals surface area contributed by atoms with Crippen molar-refractivity contribution in [2.24, 2.45) is 0 Å². The quantitative estimate of drug-likeness (QED) is 0.352. The zero-order valence-electron chi connectivity index (χ0n) is 20.0. The SMILES string of the molecule is CCN(CC(O)(CNc1cccc2c1cnn2-c1ccccc1)C(F)(F)F)C(=O)c1ccccc1C. The molecular weight excluding hydrogens is 469 g/mol. The zero-order chi connectivity index (χ0) is 25.9. The molecule has 4 rings (SSSR count). The van der Waals surface area contributed by atoms with Crippen LogP contribution in [0, 0.1) is 6.92 Å². The Morgan fingerprint density at radius 3 is 2.39 bits per heavy atom. The Bertz CT molecular complexity index is 1350. The normalized spacial score (nSPS) is 13.4. The highest BCUT2D eigenvalue weighted by Gasteiger charge is 2.55. The number of anilines is 1. The average molecular weight is 497 g/mol. The van der Waals surface area contributed by atoms with Crippen molar-refractivity contribution in [3.05, 3.63) is 90.1 Å². The summed E-state index contributed by atoms with van der Waals surface area (Å²) in [5.41, 5.74) is -0.326. The van der Waals surface area contributed by atoms with Crippen molar-refractivity contribution < 1.29 is 23.1 Å². The molecule has 2 N–H and O–H groups in total. The average Bonchev–Trinajstić information content (AvgIpc) is 3.31. The number of para-hydroxylation sites is 1. The van der Waals surface area contributed by atoms with Gasteiger partial charge in [0.15, 0.2) is 5.60 Å². The summed E-state index contributed by atoms with van der Waals surface area (Å²) in [6, 6.07) is 21.2. The minimum atomic E-state index is -4.98. The first-order valence-corrected chi connectivity index (χ1v) is 11.5. The number of fused-ring (bicyclic) bond motifs is 1. The van der Waals surface area contributed by atoms with Gasteiger partial charge in [0, 0.05) is 23.2 Å². The van der Waals surface area contributed by atoms with Gasteiger partial charge in [0.05, 0.1) is 30.5 Å². The number of aromatic nitrogens is 2. The molecule has 0 fully saturated rings. The highest BCUT2D eigenvalue weighted by atomic mass is 19.4. The number of rotatable bonds is 8. The summed E-state index contributed by atoms with van der Waals surface area (Å²) in [7, 11) is 0. The van der Waals surface area contributed by atoms with E-state index in [9.17, 15) is 23.1 Å². The van der Waals surface area contributed by atoms with Crippen LogP contribution in [0.2, 0.25) is 0 Å². The third-order valence-electron chi connectivity index (χ3n) is 6.21. The van der Waals surface area contributed by atoms with Crippen LogP contribution in [-0.2, 0) is 0 Å². The Labute approximate surface area is 207 Å². The van der Waals surface area contributed by atoms with Crippen LogP contribution in [0.5, 0.6) is 0 Å². The molecule has 1 amide bonds. The predicted molar refractivity (Wildman–Crippen MR) is 133 cm³/mol. The monoisotopic (exact) mass is 496 g/mol. The molecule has 9 heteroatoms. The molecule has 0 bridgehead atoms. The first-order chi connectivity index (χ1) is 17.1. The Hall–Kier alpha value is -3.85. The smallest absolute Gasteiger partial charge is 0.381 e. The maximum absolute atomic E-state index is 14.1. The van der Waals surface area contributed by atoms with E-state index in [4.69, 9.17) is 0 Å². The van der Waals surface area contributed by atoms with Gasteiger partial charge in [0.25, 0.3) is 5.91 Å². The Kier molecular flexibility index (Phi) is 7.03. The molecule has 0 spiro atoms. The molecule has 1 aromatic heterocycles. The van der Waals surface area contributed by atoms with Crippen LogP contribution in [0.3, 0.4) is 0 Å². The second kappa shape index (κ2) is 10.0. The number of halogens is 3. The maximum atomic E-state index is 14.1. The fraction of sp³-hybridized carbons (Fsp3) is 0.259. The molecule has 36 heavy (non-hydrogen) atoms. The van der Waals surface area contributed by atoms with E-state index in [1.54, 1.807) is 61.1 Å². The molecule has 3 aromatic carbocycles. The molecule has 1 atom stereocenters. The summed E-state index contributed by atoms with van der Waals surface area (Å²) in [5.74, 6) is -0.565. The molecule has 6 nitrogen and oxygen atoms in total. The van der Waals surface area contributed by atoms with Crippen molar-refractivity contribution >= 4 is 22.5 Å². The van der Waals surface area contributed by atoms with E-state index < -0.39 is 30.8 Å². The lowest BCUT2D eigenvalue weighted by atomic mass is 10.0. The Morgan fingerprint density at radius 2 is 1.72 bits per heavy atom. The van der Waals surface area contributed by atoms with E-state index in [0.717, 1.165) is 10.6 Å².